The smallest absolute Gasteiger partial charge is 0.0642 e. The van der Waals surface area contributed by atoms with E-state index in [1.165, 1.54) is 0 Å². The summed E-state index contributed by atoms with van der Waals surface area (Å²) in [7, 11) is 0. The van der Waals surface area contributed by atoms with Crippen molar-refractivity contribution >= 4 is 0 Å². The standard InChI is InChI=1S/C6H11NO/c7-6-2-1-5(3-6)4-8/h1,6,8H,2-4,7H2. The van der Waals surface area contributed by atoms with Crippen molar-refractivity contribution in [1.82, 2.24) is 0 Å². The van der Waals surface area contributed by atoms with Crippen molar-refractivity contribution < 1.29 is 5.11 Å². The minimum Gasteiger partial charge on any atom is -0.392 e. The van der Waals surface area contributed by atoms with Crippen LogP contribution in [0.2, 0.25) is 0 Å². The molecule has 0 spiro atoms. The molecule has 0 saturated carbocycles. The van der Waals surface area contributed by atoms with Gasteiger partial charge in [-0.1, -0.05) is 6.08 Å². The van der Waals surface area contributed by atoms with Gasteiger partial charge in [0, 0.05) is 6.04 Å². The van der Waals surface area contributed by atoms with E-state index in [0.717, 1.165) is 18.4 Å². The Morgan fingerprint density at radius 1 is 1.88 bits per heavy atom. The third kappa shape index (κ3) is 1.08. The highest BCUT2D eigenvalue weighted by atomic mass is 16.3. The lowest BCUT2D eigenvalue weighted by Crippen LogP contribution is -2.15. The first-order valence-electron chi connectivity index (χ1n) is 2.87. The molecule has 0 fully saturated rings. The molecule has 0 saturated heterocycles. The molecule has 1 rings (SSSR count). The van der Waals surface area contributed by atoms with E-state index in [2.05, 4.69) is 0 Å². The van der Waals surface area contributed by atoms with Gasteiger partial charge in [-0.05, 0) is 18.4 Å². The first-order chi connectivity index (χ1) is 3.83. The molecule has 0 aliphatic heterocycles. The van der Waals surface area contributed by atoms with Crippen LogP contribution in [0.25, 0.3) is 0 Å². The van der Waals surface area contributed by atoms with E-state index in [4.69, 9.17) is 10.8 Å². The highest BCUT2D eigenvalue weighted by Crippen LogP contribution is 2.15. The minimum absolute atomic E-state index is 0.188. The number of nitrogens with two attached hydrogens (primary N) is 1. The fourth-order valence-corrected chi connectivity index (χ4v) is 0.951. The van der Waals surface area contributed by atoms with Crippen molar-refractivity contribution in [3.63, 3.8) is 0 Å². The van der Waals surface area contributed by atoms with Crippen LogP contribution in [0.5, 0.6) is 0 Å². The average Bonchev–Trinajstić information content (AvgIpc) is 2.14. The topological polar surface area (TPSA) is 46.2 Å². The van der Waals surface area contributed by atoms with Crippen molar-refractivity contribution in [3.05, 3.63) is 11.6 Å². The van der Waals surface area contributed by atoms with E-state index in [1.807, 2.05) is 6.08 Å². The lowest BCUT2D eigenvalue weighted by atomic mass is 10.2. The van der Waals surface area contributed by atoms with Crippen molar-refractivity contribution in [1.29, 1.82) is 0 Å². The van der Waals surface area contributed by atoms with Crippen molar-refractivity contribution in [2.24, 2.45) is 5.73 Å². The van der Waals surface area contributed by atoms with Gasteiger partial charge in [0.2, 0.25) is 0 Å². The van der Waals surface area contributed by atoms with Crippen LogP contribution in [0.1, 0.15) is 12.8 Å². The Labute approximate surface area is 49.0 Å². The Hall–Kier alpha value is -0.340. The van der Waals surface area contributed by atoms with Crippen LogP contribution in [0.4, 0.5) is 0 Å². The van der Waals surface area contributed by atoms with Crippen molar-refractivity contribution in [2.75, 3.05) is 6.61 Å². The predicted octanol–water partition coefficient (Wildman–Crippen LogP) is 0.0262. The maximum Gasteiger partial charge on any atom is 0.0642 e. The Morgan fingerprint density at radius 2 is 2.62 bits per heavy atom. The van der Waals surface area contributed by atoms with Crippen LogP contribution >= 0.6 is 0 Å². The molecular weight excluding hydrogens is 102 g/mol. The third-order valence-corrected chi connectivity index (χ3v) is 1.44. The minimum atomic E-state index is 0.188. The molecule has 2 heteroatoms. The summed E-state index contributed by atoms with van der Waals surface area (Å²) in [5.41, 5.74) is 6.63. The number of aliphatic hydroxyl groups is 1. The van der Waals surface area contributed by atoms with Gasteiger partial charge in [-0.15, -0.1) is 0 Å². The lowest BCUT2D eigenvalue weighted by molar-refractivity contribution is 0.327. The SMILES string of the molecule is NC1CC=C(CO)C1. The summed E-state index contributed by atoms with van der Waals surface area (Å²) in [6.45, 7) is 0.188. The van der Waals surface area contributed by atoms with Gasteiger partial charge in [0.05, 0.1) is 6.61 Å². The highest BCUT2D eigenvalue weighted by molar-refractivity contribution is 5.11. The van der Waals surface area contributed by atoms with Crippen molar-refractivity contribution in [2.45, 2.75) is 18.9 Å². The van der Waals surface area contributed by atoms with Crippen molar-refractivity contribution in [3.8, 4) is 0 Å². The average molecular weight is 113 g/mol. The van der Waals surface area contributed by atoms with Gasteiger partial charge in [0.1, 0.15) is 0 Å². The van der Waals surface area contributed by atoms with Gasteiger partial charge in [0.15, 0.2) is 0 Å². The number of aliphatic hydroxyl groups excluding tert-OH is 1. The van der Waals surface area contributed by atoms with Gasteiger partial charge in [-0.25, -0.2) is 0 Å². The van der Waals surface area contributed by atoms with E-state index < -0.39 is 0 Å². The molecular formula is C6H11NO. The molecule has 0 amide bonds. The summed E-state index contributed by atoms with van der Waals surface area (Å²) in [5.74, 6) is 0. The molecule has 0 aromatic rings. The summed E-state index contributed by atoms with van der Waals surface area (Å²) in [5, 5.41) is 8.56. The van der Waals surface area contributed by atoms with Gasteiger partial charge in [-0.3, -0.25) is 0 Å². The molecule has 1 atom stereocenters. The van der Waals surface area contributed by atoms with E-state index in [9.17, 15) is 0 Å². The maximum atomic E-state index is 8.56. The summed E-state index contributed by atoms with van der Waals surface area (Å²) in [6.07, 6.45) is 3.84. The molecule has 3 N–H and O–H groups in total. The molecule has 0 aromatic heterocycles. The molecule has 2 nitrogen and oxygen atoms in total. The summed E-state index contributed by atoms with van der Waals surface area (Å²) in [4.78, 5) is 0. The lowest BCUT2D eigenvalue weighted by Gasteiger charge is -1.98. The zero-order chi connectivity index (χ0) is 5.98. The molecule has 0 bridgehead atoms. The fraction of sp³-hybridized carbons (Fsp3) is 0.667. The Kier molecular flexibility index (Phi) is 1.65. The second kappa shape index (κ2) is 2.29. The summed E-state index contributed by atoms with van der Waals surface area (Å²) >= 11 is 0. The summed E-state index contributed by atoms with van der Waals surface area (Å²) < 4.78 is 0. The van der Waals surface area contributed by atoms with Crippen LogP contribution in [0.15, 0.2) is 11.6 Å². The zero-order valence-electron chi connectivity index (χ0n) is 4.80. The molecule has 8 heavy (non-hydrogen) atoms. The second-order valence-corrected chi connectivity index (χ2v) is 2.22. The van der Waals surface area contributed by atoms with E-state index >= 15 is 0 Å². The van der Waals surface area contributed by atoms with Crippen LogP contribution in [0, 0.1) is 0 Å². The predicted molar refractivity (Wildman–Crippen MR) is 32.4 cm³/mol. The van der Waals surface area contributed by atoms with Crippen LogP contribution < -0.4 is 5.73 Å². The maximum absolute atomic E-state index is 8.56. The van der Waals surface area contributed by atoms with Crippen LogP contribution in [0.3, 0.4) is 0 Å². The molecule has 0 heterocycles. The Balaban J connectivity index is 2.37. The first kappa shape index (κ1) is 5.79. The van der Waals surface area contributed by atoms with Crippen LogP contribution in [-0.2, 0) is 0 Å². The number of hydrogen-bond acceptors (Lipinski definition) is 2. The van der Waals surface area contributed by atoms with Gasteiger partial charge < -0.3 is 10.8 Å². The van der Waals surface area contributed by atoms with E-state index in [-0.39, 0.29) is 12.6 Å². The second-order valence-electron chi connectivity index (χ2n) is 2.22. The largest absolute Gasteiger partial charge is 0.392 e. The molecule has 46 valence electrons. The van der Waals surface area contributed by atoms with E-state index in [0.29, 0.717) is 0 Å². The zero-order valence-corrected chi connectivity index (χ0v) is 4.80. The normalized spacial score (nSPS) is 28.2. The molecule has 1 unspecified atom stereocenters. The van der Waals surface area contributed by atoms with Crippen LogP contribution in [-0.4, -0.2) is 17.8 Å². The quantitative estimate of drug-likeness (QED) is 0.471. The van der Waals surface area contributed by atoms with Gasteiger partial charge in [0.25, 0.3) is 0 Å². The molecule has 0 radical (unpaired) electrons. The number of rotatable bonds is 1. The third-order valence-electron chi connectivity index (χ3n) is 1.44. The first-order valence-corrected chi connectivity index (χ1v) is 2.87. The fourth-order valence-electron chi connectivity index (χ4n) is 0.951. The van der Waals surface area contributed by atoms with Gasteiger partial charge in [-0.2, -0.15) is 0 Å². The molecule has 1 aliphatic carbocycles. The summed E-state index contributed by atoms with van der Waals surface area (Å²) in [6, 6.07) is 0.275. The van der Waals surface area contributed by atoms with Gasteiger partial charge >= 0.3 is 0 Å². The molecule has 1 aliphatic rings. The number of hydrogen-bond donors (Lipinski definition) is 2. The Morgan fingerprint density at radius 3 is 2.88 bits per heavy atom. The highest BCUT2D eigenvalue weighted by Gasteiger charge is 2.10. The monoisotopic (exact) mass is 113 g/mol. The Bertz CT molecular complexity index is 109. The van der Waals surface area contributed by atoms with E-state index in [1.54, 1.807) is 0 Å². The molecule has 0 aromatic carbocycles.